The molecule has 2 amide bonds. The number of carbonyl (C=O) groups excluding carboxylic acids is 2. The van der Waals surface area contributed by atoms with Crippen molar-refractivity contribution in [3.05, 3.63) is 64.9 Å². The van der Waals surface area contributed by atoms with Crippen LogP contribution in [0.15, 0.2) is 36.5 Å². The van der Waals surface area contributed by atoms with E-state index in [9.17, 15) is 9.59 Å². The molecule has 0 aliphatic carbocycles. The second-order valence-corrected chi connectivity index (χ2v) is 8.55. The van der Waals surface area contributed by atoms with Gasteiger partial charge in [-0.1, -0.05) is 12.1 Å². The van der Waals surface area contributed by atoms with Crippen molar-refractivity contribution in [3.63, 3.8) is 0 Å². The molecule has 2 aliphatic rings. The van der Waals surface area contributed by atoms with Gasteiger partial charge >= 0.3 is 0 Å². The summed E-state index contributed by atoms with van der Waals surface area (Å²) in [6, 6.07) is 9.42. The lowest BCUT2D eigenvalue weighted by atomic mass is 10.1. The molecule has 5 rings (SSSR count). The maximum absolute atomic E-state index is 12.9. The van der Waals surface area contributed by atoms with Gasteiger partial charge in [0.25, 0.3) is 5.91 Å². The van der Waals surface area contributed by atoms with E-state index in [0.717, 1.165) is 29.0 Å². The van der Waals surface area contributed by atoms with Crippen LogP contribution >= 0.6 is 0 Å². The number of anilines is 1. The molecule has 1 unspecified atom stereocenters. The van der Waals surface area contributed by atoms with E-state index in [2.05, 4.69) is 5.10 Å². The van der Waals surface area contributed by atoms with Crippen molar-refractivity contribution >= 4 is 17.6 Å². The molecule has 1 fully saturated rings. The van der Waals surface area contributed by atoms with Gasteiger partial charge in [-0.25, -0.2) is 9.97 Å². The highest BCUT2D eigenvalue weighted by atomic mass is 16.5. The summed E-state index contributed by atoms with van der Waals surface area (Å²) in [7, 11) is 3.40. The number of methoxy groups -OCH3 is 1. The highest BCUT2D eigenvalue weighted by molar-refractivity contribution is 6.00. The van der Waals surface area contributed by atoms with Gasteiger partial charge in [0.2, 0.25) is 5.91 Å². The molecule has 0 radical (unpaired) electrons. The molecule has 9 nitrogen and oxygen atoms in total. The predicted molar refractivity (Wildman–Crippen MR) is 121 cm³/mol. The van der Waals surface area contributed by atoms with Crippen molar-refractivity contribution in [2.24, 2.45) is 7.05 Å². The van der Waals surface area contributed by atoms with Gasteiger partial charge in [0.15, 0.2) is 0 Å². The predicted octanol–water partition coefficient (Wildman–Crippen LogP) is 2.25. The summed E-state index contributed by atoms with van der Waals surface area (Å²) in [5.74, 6) is 2.18. The SMILES string of the molecule is COc1ccc(CN2C(=O)Cc3c(C)nc(C4CCN(C(=O)c5ccnn5C)C4)nc32)cc1. The number of likely N-dealkylation sites (tertiary alicyclic amines) is 1. The number of aromatic nitrogens is 4. The Hall–Kier alpha value is -3.75. The summed E-state index contributed by atoms with van der Waals surface area (Å²) < 4.78 is 6.82. The zero-order valence-corrected chi connectivity index (χ0v) is 19.0. The first kappa shape index (κ1) is 21.1. The molecule has 170 valence electrons. The van der Waals surface area contributed by atoms with E-state index in [1.165, 1.54) is 0 Å². The maximum atomic E-state index is 12.9. The van der Waals surface area contributed by atoms with E-state index in [4.69, 9.17) is 14.7 Å². The largest absolute Gasteiger partial charge is 0.497 e. The zero-order chi connectivity index (χ0) is 23.1. The van der Waals surface area contributed by atoms with Crippen LogP contribution in [0.1, 0.15) is 45.5 Å². The van der Waals surface area contributed by atoms with Crippen LogP contribution in [-0.2, 0) is 24.8 Å². The van der Waals surface area contributed by atoms with Gasteiger partial charge in [0.05, 0.1) is 20.1 Å². The molecule has 9 heteroatoms. The minimum Gasteiger partial charge on any atom is -0.497 e. The Labute approximate surface area is 192 Å². The van der Waals surface area contributed by atoms with Gasteiger partial charge < -0.3 is 9.64 Å². The minimum atomic E-state index is -0.0355. The lowest BCUT2D eigenvalue weighted by Crippen LogP contribution is -2.30. The van der Waals surface area contributed by atoms with E-state index in [-0.39, 0.29) is 17.7 Å². The number of hydrogen-bond donors (Lipinski definition) is 0. The lowest BCUT2D eigenvalue weighted by molar-refractivity contribution is -0.117. The molecule has 4 heterocycles. The Balaban J connectivity index is 1.38. The molecule has 33 heavy (non-hydrogen) atoms. The Morgan fingerprint density at radius 1 is 1.18 bits per heavy atom. The molecule has 0 spiro atoms. The third kappa shape index (κ3) is 3.83. The first-order valence-corrected chi connectivity index (χ1v) is 11.0. The van der Waals surface area contributed by atoms with Crippen LogP contribution in [0.4, 0.5) is 5.82 Å². The molecule has 3 aromatic rings. The minimum absolute atomic E-state index is 0.0230. The second-order valence-electron chi connectivity index (χ2n) is 8.55. The van der Waals surface area contributed by atoms with Crippen LogP contribution in [0.25, 0.3) is 0 Å². The summed E-state index contributed by atoms with van der Waals surface area (Å²) in [6.45, 7) is 3.57. The summed E-state index contributed by atoms with van der Waals surface area (Å²) in [5, 5.41) is 4.10. The van der Waals surface area contributed by atoms with Crippen LogP contribution in [0.2, 0.25) is 0 Å². The molecule has 1 saturated heterocycles. The quantitative estimate of drug-likeness (QED) is 0.597. The van der Waals surface area contributed by atoms with E-state index in [1.807, 2.05) is 36.1 Å². The van der Waals surface area contributed by atoms with Crippen LogP contribution in [0.3, 0.4) is 0 Å². The molecule has 2 aliphatic heterocycles. The number of rotatable bonds is 5. The van der Waals surface area contributed by atoms with Gasteiger partial charge in [-0.3, -0.25) is 19.2 Å². The second kappa shape index (κ2) is 8.31. The number of benzene rings is 1. The normalized spacial score (nSPS) is 17.5. The fraction of sp³-hybridized carbons (Fsp3) is 0.375. The molecule has 2 aromatic heterocycles. The average molecular weight is 447 g/mol. The summed E-state index contributed by atoms with van der Waals surface area (Å²) >= 11 is 0. The van der Waals surface area contributed by atoms with Crippen LogP contribution < -0.4 is 9.64 Å². The number of hydrogen-bond acceptors (Lipinski definition) is 6. The average Bonchev–Trinajstić information content (AvgIpc) is 3.54. The van der Waals surface area contributed by atoms with Gasteiger partial charge in [0.1, 0.15) is 23.1 Å². The van der Waals surface area contributed by atoms with Crippen molar-refractivity contribution in [1.29, 1.82) is 0 Å². The van der Waals surface area contributed by atoms with Gasteiger partial charge in [-0.15, -0.1) is 0 Å². The van der Waals surface area contributed by atoms with Gasteiger partial charge in [0, 0.05) is 43.5 Å². The Morgan fingerprint density at radius 2 is 1.97 bits per heavy atom. The van der Waals surface area contributed by atoms with Crippen molar-refractivity contribution < 1.29 is 14.3 Å². The molecular formula is C24H26N6O3. The Morgan fingerprint density at radius 3 is 2.67 bits per heavy atom. The highest BCUT2D eigenvalue weighted by Gasteiger charge is 2.35. The van der Waals surface area contributed by atoms with E-state index in [0.29, 0.717) is 43.4 Å². The van der Waals surface area contributed by atoms with Crippen LogP contribution in [0, 0.1) is 6.92 Å². The number of carbonyl (C=O) groups is 2. The molecular weight excluding hydrogens is 420 g/mol. The van der Waals surface area contributed by atoms with Crippen LogP contribution in [-0.4, -0.2) is 56.7 Å². The van der Waals surface area contributed by atoms with Crippen molar-refractivity contribution in [2.45, 2.75) is 32.2 Å². The Bertz CT molecular complexity index is 1220. The van der Waals surface area contributed by atoms with E-state index >= 15 is 0 Å². The fourth-order valence-electron chi connectivity index (χ4n) is 4.56. The fourth-order valence-corrected chi connectivity index (χ4v) is 4.56. The van der Waals surface area contributed by atoms with Gasteiger partial charge in [-0.2, -0.15) is 5.10 Å². The molecule has 1 atom stereocenters. The highest BCUT2D eigenvalue weighted by Crippen LogP contribution is 2.34. The van der Waals surface area contributed by atoms with Crippen LogP contribution in [0.5, 0.6) is 5.75 Å². The first-order valence-electron chi connectivity index (χ1n) is 11.0. The van der Waals surface area contributed by atoms with Crippen molar-refractivity contribution in [2.75, 3.05) is 25.1 Å². The molecule has 1 aromatic carbocycles. The maximum Gasteiger partial charge on any atom is 0.272 e. The molecule has 0 N–H and O–H groups in total. The van der Waals surface area contributed by atoms with Crippen molar-refractivity contribution in [1.82, 2.24) is 24.6 Å². The number of fused-ring (bicyclic) bond motifs is 1. The van der Waals surface area contributed by atoms with Crippen molar-refractivity contribution in [3.8, 4) is 5.75 Å². The molecule has 0 bridgehead atoms. The monoisotopic (exact) mass is 446 g/mol. The number of ether oxygens (including phenoxy) is 1. The first-order chi connectivity index (χ1) is 15.9. The Kier molecular flexibility index (Phi) is 5.32. The zero-order valence-electron chi connectivity index (χ0n) is 19.0. The van der Waals surface area contributed by atoms with Gasteiger partial charge in [-0.05, 0) is 37.1 Å². The third-order valence-corrected chi connectivity index (χ3v) is 6.47. The topological polar surface area (TPSA) is 93.5 Å². The van der Waals surface area contributed by atoms with E-state index < -0.39 is 0 Å². The van der Waals surface area contributed by atoms with E-state index in [1.54, 1.807) is 36.0 Å². The standard InChI is InChI=1S/C24H26N6O3/c1-15-19-12-21(31)30(13-16-4-6-18(33-3)7-5-16)23(19)27-22(26-15)17-9-11-29(14-17)24(32)20-8-10-25-28(20)2/h4-8,10,17H,9,11-14H2,1-3H3. The lowest BCUT2D eigenvalue weighted by Gasteiger charge is -2.19. The summed E-state index contributed by atoms with van der Waals surface area (Å²) in [6.07, 6.45) is 2.73. The smallest absolute Gasteiger partial charge is 0.272 e. The number of amides is 2. The molecule has 0 saturated carbocycles. The number of nitrogens with zero attached hydrogens (tertiary/aromatic N) is 6. The number of aryl methyl sites for hydroxylation is 2. The third-order valence-electron chi connectivity index (χ3n) is 6.47. The summed E-state index contributed by atoms with van der Waals surface area (Å²) in [5.41, 5.74) is 3.29. The summed E-state index contributed by atoms with van der Waals surface area (Å²) in [4.78, 5) is 38.8.